The SMILES string of the molecule is CCC[CH2][Al]([CH2]CCC)[O]CC1CCCCO1. The zero-order valence-electron chi connectivity index (χ0n) is 11.7. The summed E-state index contributed by atoms with van der Waals surface area (Å²) in [6.07, 6.45) is 9.49. The van der Waals surface area contributed by atoms with Crippen molar-refractivity contribution < 1.29 is 8.53 Å². The molecule has 1 heterocycles. The van der Waals surface area contributed by atoms with Gasteiger partial charge < -0.3 is 8.53 Å². The molecule has 0 saturated carbocycles. The van der Waals surface area contributed by atoms with Crippen LogP contribution in [0.1, 0.15) is 58.8 Å². The van der Waals surface area contributed by atoms with Crippen LogP contribution < -0.4 is 0 Å². The molecule has 0 radical (unpaired) electrons. The molecule has 100 valence electrons. The van der Waals surface area contributed by atoms with Crippen LogP contribution in [0, 0.1) is 0 Å². The number of rotatable bonds is 9. The summed E-state index contributed by atoms with van der Waals surface area (Å²) in [6.45, 7) is 6.37. The maximum absolute atomic E-state index is 6.20. The molecule has 2 nitrogen and oxygen atoms in total. The van der Waals surface area contributed by atoms with Crippen molar-refractivity contribution in [2.75, 3.05) is 13.2 Å². The summed E-state index contributed by atoms with van der Waals surface area (Å²) in [7, 11) is 0. The molecule has 1 atom stereocenters. The number of hydrogen-bond donors (Lipinski definition) is 0. The molecule has 0 bridgehead atoms. The van der Waals surface area contributed by atoms with E-state index in [0.29, 0.717) is 6.10 Å². The average molecular weight is 256 g/mol. The van der Waals surface area contributed by atoms with Crippen LogP contribution in [0.25, 0.3) is 0 Å². The number of hydrogen-bond acceptors (Lipinski definition) is 2. The van der Waals surface area contributed by atoms with E-state index in [1.165, 1.54) is 55.5 Å². The third-order valence-electron chi connectivity index (χ3n) is 3.55. The molecule has 0 aromatic heterocycles. The highest BCUT2D eigenvalue weighted by Gasteiger charge is 2.22. The van der Waals surface area contributed by atoms with E-state index in [1.54, 1.807) is 0 Å². The van der Waals surface area contributed by atoms with Crippen LogP contribution in [0.2, 0.25) is 10.6 Å². The van der Waals surface area contributed by atoms with Crippen molar-refractivity contribution in [3.05, 3.63) is 0 Å². The normalized spacial score (nSPS) is 20.5. The van der Waals surface area contributed by atoms with Crippen molar-refractivity contribution >= 4 is 14.5 Å². The maximum Gasteiger partial charge on any atom is 0.460 e. The topological polar surface area (TPSA) is 18.5 Å². The first-order valence-electron chi connectivity index (χ1n) is 7.60. The summed E-state index contributed by atoms with van der Waals surface area (Å²) in [5.74, 6) is 0. The molecule has 1 unspecified atom stereocenters. The highest BCUT2D eigenvalue weighted by molar-refractivity contribution is 6.51. The zero-order chi connectivity index (χ0) is 12.3. The Morgan fingerprint density at radius 2 is 1.82 bits per heavy atom. The van der Waals surface area contributed by atoms with Crippen LogP contribution in [-0.2, 0) is 8.53 Å². The molecule has 1 aliphatic rings. The standard InChI is InChI=1S/C6H11O2.2C4H9.Al/c7-5-6-3-1-2-4-8-6;2*1-3-4-2;/h6H,1-5H2;2*1,3-4H2,2H3;/q-1;;;+1. The van der Waals surface area contributed by atoms with Gasteiger partial charge in [0.1, 0.15) is 0 Å². The van der Waals surface area contributed by atoms with E-state index >= 15 is 0 Å². The lowest BCUT2D eigenvalue weighted by Crippen LogP contribution is -2.29. The lowest BCUT2D eigenvalue weighted by atomic mass is 10.1. The number of ether oxygens (including phenoxy) is 1. The van der Waals surface area contributed by atoms with Gasteiger partial charge in [0.25, 0.3) is 0 Å². The Balaban J connectivity index is 2.16. The summed E-state index contributed by atoms with van der Waals surface area (Å²) in [5, 5.41) is 2.73. The second kappa shape index (κ2) is 10.4. The third kappa shape index (κ3) is 7.47. The van der Waals surface area contributed by atoms with E-state index < -0.39 is 14.5 Å². The smallest absolute Gasteiger partial charge is 0.460 e. The molecular formula is C14H29AlO2. The van der Waals surface area contributed by atoms with E-state index in [2.05, 4.69) is 13.8 Å². The van der Waals surface area contributed by atoms with Crippen LogP contribution in [0.5, 0.6) is 0 Å². The van der Waals surface area contributed by atoms with Crippen molar-refractivity contribution in [1.29, 1.82) is 0 Å². The molecule has 0 spiro atoms. The van der Waals surface area contributed by atoms with E-state index in [0.717, 1.165) is 13.2 Å². The predicted molar refractivity (Wildman–Crippen MR) is 74.7 cm³/mol. The van der Waals surface area contributed by atoms with Gasteiger partial charge in [0, 0.05) is 13.2 Å². The van der Waals surface area contributed by atoms with Crippen molar-refractivity contribution in [2.45, 2.75) is 75.5 Å². The van der Waals surface area contributed by atoms with Crippen molar-refractivity contribution in [3.63, 3.8) is 0 Å². The first-order chi connectivity index (χ1) is 8.36. The fourth-order valence-corrected chi connectivity index (χ4v) is 5.19. The molecule has 1 rings (SSSR count). The highest BCUT2D eigenvalue weighted by atomic mass is 27.2. The van der Waals surface area contributed by atoms with Crippen molar-refractivity contribution in [2.24, 2.45) is 0 Å². The van der Waals surface area contributed by atoms with Crippen molar-refractivity contribution in [3.8, 4) is 0 Å². The molecule has 0 amide bonds. The van der Waals surface area contributed by atoms with Gasteiger partial charge in [0.2, 0.25) is 0 Å². The van der Waals surface area contributed by atoms with Gasteiger partial charge in [-0.15, -0.1) is 0 Å². The van der Waals surface area contributed by atoms with Gasteiger partial charge >= 0.3 is 14.5 Å². The Bertz CT molecular complexity index is 162. The third-order valence-corrected chi connectivity index (χ3v) is 6.32. The van der Waals surface area contributed by atoms with Gasteiger partial charge in [0.15, 0.2) is 0 Å². The second-order valence-electron chi connectivity index (χ2n) is 5.23. The lowest BCUT2D eigenvalue weighted by molar-refractivity contribution is -0.0120. The molecule has 0 N–H and O–H groups in total. The minimum atomic E-state index is -0.920. The molecule has 3 heteroatoms. The summed E-state index contributed by atoms with van der Waals surface area (Å²) < 4.78 is 11.9. The van der Waals surface area contributed by atoms with Gasteiger partial charge in [0.05, 0.1) is 6.10 Å². The Hall–Kier alpha value is 0.452. The molecule has 1 fully saturated rings. The fraction of sp³-hybridized carbons (Fsp3) is 1.00. The van der Waals surface area contributed by atoms with Gasteiger partial charge in [-0.2, -0.15) is 0 Å². The Morgan fingerprint density at radius 3 is 2.35 bits per heavy atom. The quantitative estimate of drug-likeness (QED) is 0.577. The highest BCUT2D eigenvalue weighted by Crippen LogP contribution is 2.16. The minimum Gasteiger partial charge on any atom is -0.499 e. The van der Waals surface area contributed by atoms with E-state index in [4.69, 9.17) is 8.53 Å². The largest absolute Gasteiger partial charge is 0.499 e. The summed E-state index contributed by atoms with van der Waals surface area (Å²) in [4.78, 5) is 0. The zero-order valence-corrected chi connectivity index (χ0v) is 12.9. The van der Waals surface area contributed by atoms with Crippen LogP contribution in [-0.4, -0.2) is 33.8 Å². The van der Waals surface area contributed by atoms with Gasteiger partial charge in [-0.1, -0.05) is 50.1 Å². The molecule has 0 aromatic carbocycles. The summed E-state index contributed by atoms with van der Waals surface area (Å²) >= 11 is -0.920. The van der Waals surface area contributed by atoms with E-state index in [-0.39, 0.29) is 0 Å². The Kier molecular flexibility index (Phi) is 9.47. The molecule has 0 aliphatic carbocycles. The Labute approximate surface area is 112 Å². The average Bonchev–Trinajstić information content (AvgIpc) is 2.39. The van der Waals surface area contributed by atoms with E-state index in [9.17, 15) is 0 Å². The van der Waals surface area contributed by atoms with Crippen LogP contribution in [0.15, 0.2) is 0 Å². The second-order valence-corrected chi connectivity index (χ2v) is 7.96. The molecule has 0 aromatic rings. The predicted octanol–water partition coefficient (Wildman–Crippen LogP) is 4.16. The van der Waals surface area contributed by atoms with Gasteiger partial charge in [-0.05, 0) is 19.3 Å². The molecular weight excluding hydrogens is 227 g/mol. The van der Waals surface area contributed by atoms with Crippen molar-refractivity contribution in [1.82, 2.24) is 0 Å². The first kappa shape index (κ1) is 15.5. The maximum atomic E-state index is 6.20. The summed E-state index contributed by atoms with van der Waals surface area (Å²) in [6, 6.07) is 0. The van der Waals surface area contributed by atoms with Crippen LogP contribution in [0.3, 0.4) is 0 Å². The number of unbranched alkanes of at least 4 members (excludes halogenated alkanes) is 2. The Morgan fingerprint density at radius 1 is 1.12 bits per heavy atom. The van der Waals surface area contributed by atoms with Crippen LogP contribution >= 0.6 is 0 Å². The molecule has 1 aliphatic heterocycles. The molecule has 1 saturated heterocycles. The summed E-state index contributed by atoms with van der Waals surface area (Å²) in [5.41, 5.74) is 0. The van der Waals surface area contributed by atoms with Gasteiger partial charge in [-0.3, -0.25) is 0 Å². The fourth-order valence-electron chi connectivity index (χ4n) is 2.36. The monoisotopic (exact) mass is 256 g/mol. The van der Waals surface area contributed by atoms with E-state index in [1.807, 2.05) is 0 Å². The first-order valence-corrected chi connectivity index (χ1v) is 9.70. The van der Waals surface area contributed by atoms with Crippen LogP contribution in [0.4, 0.5) is 0 Å². The lowest BCUT2D eigenvalue weighted by Gasteiger charge is -2.24. The minimum absolute atomic E-state index is 0.405. The van der Waals surface area contributed by atoms with Gasteiger partial charge in [-0.25, -0.2) is 0 Å². The molecule has 17 heavy (non-hydrogen) atoms.